The van der Waals surface area contributed by atoms with Gasteiger partial charge < -0.3 is 5.11 Å². The summed E-state index contributed by atoms with van der Waals surface area (Å²) in [5, 5.41) is 8.65. The molecule has 0 bridgehead atoms. The molecular formula is C10H10O2. The first-order valence-electron chi connectivity index (χ1n) is 3.61. The molecule has 0 aliphatic carbocycles. The number of aryl methyl sites for hydroxylation is 1. The van der Waals surface area contributed by atoms with Crippen LogP contribution in [0.5, 0.6) is 0 Å². The summed E-state index contributed by atoms with van der Waals surface area (Å²) in [4.78, 5) is 10.5. The highest BCUT2D eigenvalue weighted by Gasteiger charge is 2.02. The molecule has 0 radical (unpaired) electrons. The Morgan fingerprint density at radius 3 is 2.67 bits per heavy atom. The second-order valence-electron chi connectivity index (χ2n) is 2.58. The standard InChI is InChI=1S/C10H10O2/c1-3-8-4-5-9(10(11)12)6-7(8)2/h3-6H,1H2,2H3,(H,11,12). The molecule has 0 heterocycles. The third-order valence-corrected chi connectivity index (χ3v) is 1.74. The van der Waals surface area contributed by atoms with Gasteiger partial charge in [-0.25, -0.2) is 4.79 Å². The lowest BCUT2D eigenvalue weighted by Gasteiger charge is -2.00. The van der Waals surface area contributed by atoms with Crippen LogP contribution in [0.15, 0.2) is 24.8 Å². The van der Waals surface area contributed by atoms with Crippen molar-refractivity contribution >= 4 is 12.0 Å². The molecule has 0 saturated heterocycles. The Morgan fingerprint density at radius 1 is 1.58 bits per heavy atom. The fourth-order valence-electron chi connectivity index (χ4n) is 1.04. The van der Waals surface area contributed by atoms with Crippen molar-refractivity contribution in [3.05, 3.63) is 41.5 Å². The molecule has 0 amide bonds. The van der Waals surface area contributed by atoms with Gasteiger partial charge in [0.1, 0.15) is 0 Å². The number of hydrogen-bond acceptors (Lipinski definition) is 1. The molecule has 0 aliphatic rings. The molecule has 0 aromatic heterocycles. The molecule has 12 heavy (non-hydrogen) atoms. The SMILES string of the molecule is C=Cc1ccc(C(=O)O)cc1C. The third-order valence-electron chi connectivity index (χ3n) is 1.74. The molecule has 0 unspecified atom stereocenters. The van der Waals surface area contributed by atoms with Crippen LogP contribution in [-0.4, -0.2) is 11.1 Å². The highest BCUT2D eigenvalue weighted by Crippen LogP contribution is 2.11. The van der Waals surface area contributed by atoms with E-state index in [1.54, 1.807) is 24.3 Å². The topological polar surface area (TPSA) is 37.3 Å². The number of hydrogen-bond donors (Lipinski definition) is 1. The quantitative estimate of drug-likeness (QED) is 0.724. The molecular weight excluding hydrogens is 152 g/mol. The van der Waals surface area contributed by atoms with Crippen LogP contribution in [0.1, 0.15) is 21.5 Å². The van der Waals surface area contributed by atoms with E-state index in [4.69, 9.17) is 5.11 Å². The Balaban J connectivity index is 3.18. The first kappa shape index (κ1) is 8.53. The van der Waals surface area contributed by atoms with Gasteiger partial charge in [-0.1, -0.05) is 18.7 Å². The molecule has 1 rings (SSSR count). The van der Waals surface area contributed by atoms with Crippen LogP contribution in [0.4, 0.5) is 0 Å². The molecule has 0 fully saturated rings. The Kier molecular flexibility index (Phi) is 2.29. The summed E-state index contributed by atoms with van der Waals surface area (Å²) in [6.45, 7) is 5.48. The lowest BCUT2D eigenvalue weighted by Crippen LogP contribution is -1.96. The van der Waals surface area contributed by atoms with E-state index in [0.29, 0.717) is 5.56 Å². The summed E-state index contributed by atoms with van der Waals surface area (Å²) in [7, 11) is 0. The largest absolute Gasteiger partial charge is 0.478 e. The molecule has 1 aromatic carbocycles. The average Bonchev–Trinajstić information content (AvgIpc) is 2.04. The van der Waals surface area contributed by atoms with Gasteiger partial charge in [-0.3, -0.25) is 0 Å². The van der Waals surface area contributed by atoms with E-state index in [0.717, 1.165) is 11.1 Å². The van der Waals surface area contributed by atoms with Crippen LogP contribution in [0.25, 0.3) is 6.08 Å². The Bertz CT molecular complexity index is 327. The van der Waals surface area contributed by atoms with Crippen molar-refractivity contribution in [2.75, 3.05) is 0 Å². The maximum Gasteiger partial charge on any atom is 0.335 e. The van der Waals surface area contributed by atoms with Crippen LogP contribution in [0.2, 0.25) is 0 Å². The van der Waals surface area contributed by atoms with Crippen LogP contribution < -0.4 is 0 Å². The Labute approximate surface area is 71.2 Å². The molecule has 1 N–H and O–H groups in total. The van der Waals surface area contributed by atoms with Crippen LogP contribution in [-0.2, 0) is 0 Å². The average molecular weight is 162 g/mol. The van der Waals surface area contributed by atoms with Gasteiger partial charge >= 0.3 is 5.97 Å². The van der Waals surface area contributed by atoms with Crippen molar-refractivity contribution in [3.8, 4) is 0 Å². The van der Waals surface area contributed by atoms with E-state index in [-0.39, 0.29) is 0 Å². The zero-order valence-electron chi connectivity index (χ0n) is 6.87. The summed E-state index contributed by atoms with van der Waals surface area (Å²) in [5.41, 5.74) is 2.23. The van der Waals surface area contributed by atoms with Gasteiger partial charge in [0.25, 0.3) is 0 Å². The van der Waals surface area contributed by atoms with E-state index < -0.39 is 5.97 Å². The number of carboxylic acids is 1. The normalized spacial score (nSPS) is 9.42. The number of benzene rings is 1. The van der Waals surface area contributed by atoms with Crippen molar-refractivity contribution in [2.45, 2.75) is 6.92 Å². The van der Waals surface area contributed by atoms with Crippen molar-refractivity contribution in [1.29, 1.82) is 0 Å². The Hall–Kier alpha value is -1.57. The monoisotopic (exact) mass is 162 g/mol. The molecule has 0 saturated carbocycles. The summed E-state index contributed by atoms with van der Waals surface area (Å²) in [5.74, 6) is -0.895. The molecule has 2 heteroatoms. The number of carboxylic acid groups (broad SMARTS) is 1. The fourth-order valence-corrected chi connectivity index (χ4v) is 1.04. The van der Waals surface area contributed by atoms with Gasteiger partial charge in [0.2, 0.25) is 0 Å². The highest BCUT2D eigenvalue weighted by molar-refractivity contribution is 5.88. The van der Waals surface area contributed by atoms with E-state index in [2.05, 4.69) is 6.58 Å². The molecule has 62 valence electrons. The number of carbonyl (C=O) groups is 1. The summed E-state index contributed by atoms with van der Waals surface area (Å²) in [6, 6.07) is 4.97. The highest BCUT2D eigenvalue weighted by atomic mass is 16.4. The molecule has 2 nitrogen and oxygen atoms in total. The Morgan fingerprint density at radius 2 is 2.25 bits per heavy atom. The van der Waals surface area contributed by atoms with Gasteiger partial charge in [-0.15, -0.1) is 0 Å². The second kappa shape index (κ2) is 3.22. The van der Waals surface area contributed by atoms with E-state index in [1.807, 2.05) is 6.92 Å². The van der Waals surface area contributed by atoms with Crippen molar-refractivity contribution in [3.63, 3.8) is 0 Å². The smallest absolute Gasteiger partial charge is 0.335 e. The van der Waals surface area contributed by atoms with Crippen LogP contribution in [0, 0.1) is 6.92 Å². The first-order chi connectivity index (χ1) is 5.65. The van der Waals surface area contributed by atoms with Crippen molar-refractivity contribution in [2.24, 2.45) is 0 Å². The molecule has 1 aromatic rings. The zero-order valence-corrected chi connectivity index (χ0v) is 6.87. The van der Waals surface area contributed by atoms with Gasteiger partial charge in [0.15, 0.2) is 0 Å². The first-order valence-corrected chi connectivity index (χ1v) is 3.61. The zero-order chi connectivity index (χ0) is 9.14. The van der Waals surface area contributed by atoms with E-state index in [9.17, 15) is 4.79 Å². The van der Waals surface area contributed by atoms with Gasteiger partial charge in [0, 0.05) is 0 Å². The molecule has 0 atom stereocenters. The van der Waals surface area contributed by atoms with Gasteiger partial charge in [-0.05, 0) is 30.2 Å². The van der Waals surface area contributed by atoms with Gasteiger partial charge in [-0.2, -0.15) is 0 Å². The third kappa shape index (κ3) is 1.53. The predicted molar refractivity (Wildman–Crippen MR) is 48.2 cm³/mol. The maximum absolute atomic E-state index is 10.5. The van der Waals surface area contributed by atoms with Crippen molar-refractivity contribution < 1.29 is 9.90 Å². The van der Waals surface area contributed by atoms with Gasteiger partial charge in [0.05, 0.1) is 5.56 Å². The summed E-state index contributed by atoms with van der Waals surface area (Å²) >= 11 is 0. The second-order valence-corrected chi connectivity index (χ2v) is 2.58. The van der Waals surface area contributed by atoms with E-state index in [1.165, 1.54) is 0 Å². The lowest BCUT2D eigenvalue weighted by molar-refractivity contribution is 0.0697. The summed E-state index contributed by atoms with van der Waals surface area (Å²) < 4.78 is 0. The van der Waals surface area contributed by atoms with Crippen LogP contribution >= 0.6 is 0 Å². The lowest BCUT2D eigenvalue weighted by atomic mass is 10.1. The van der Waals surface area contributed by atoms with E-state index >= 15 is 0 Å². The minimum Gasteiger partial charge on any atom is -0.478 e. The molecule has 0 aliphatic heterocycles. The summed E-state index contributed by atoms with van der Waals surface area (Å²) in [6.07, 6.45) is 1.71. The van der Waals surface area contributed by atoms with Crippen molar-refractivity contribution in [1.82, 2.24) is 0 Å². The number of rotatable bonds is 2. The minimum absolute atomic E-state index is 0.318. The maximum atomic E-state index is 10.5. The number of aromatic carboxylic acids is 1. The minimum atomic E-state index is -0.895. The molecule has 0 spiro atoms. The fraction of sp³-hybridized carbons (Fsp3) is 0.100. The van der Waals surface area contributed by atoms with Crippen LogP contribution in [0.3, 0.4) is 0 Å². The predicted octanol–water partition coefficient (Wildman–Crippen LogP) is 2.34.